The molecule has 0 saturated carbocycles. The van der Waals surface area contributed by atoms with Gasteiger partial charge in [-0.05, 0) is 63.3 Å². The van der Waals surface area contributed by atoms with E-state index in [4.69, 9.17) is 4.84 Å². The Bertz CT molecular complexity index is 797. The van der Waals surface area contributed by atoms with E-state index in [1.165, 1.54) is 0 Å². The van der Waals surface area contributed by atoms with Crippen LogP contribution in [0.4, 0.5) is 0 Å². The molecule has 0 aliphatic heterocycles. The first kappa shape index (κ1) is 24.1. The van der Waals surface area contributed by atoms with Crippen molar-refractivity contribution in [2.75, 3.05) is 26.4 Å². The normalized spacial score (nSPS) is 13.1. The van der Waals surface area contributed by atoms with E-state index < -0.39 is 12.0 Å². The zero-order chi connectivity index (χ0) is 21.9. The molecule has 0 amide bonds. The number of aromatic nitrogens is 1. The molecule has 1 aromatic carbocycles. The molecule has 0 bridgehead atoms. The third kappa shape index (κ3) is 7.23. The third-order valence-electron chi connectivity index (χ3n) is 4.82. The van der Waals surface area contributed by atoms with Gasteiger partial charge in [0.25, 0.3) is 0 Å². The highest BCUT2D eigenvalue weighted by molar-refractivity contribution is 7.80. The minimum atomic E-state index is -0.601. The van der Waals surface area contributed by atoms with Crippen LogP contribution in [0.25, 0.3) is 0 Å². The summed E-state index contributed by atoms with van der Waals surface area (Å²) in [5.41, 5.74) is 5.06. The molecule has 1 aromatic heterocycles. The Kier molecular flexibility index (Phi) is 10.00. The molecule has 162 valence electrons. The van der Waals surface area contributed by atoms with Crippen LogP contribution >= 0.6 is 12.6 Å². The molecule has 2 aromatic rings. The predicted molar refractivity (Wildman–Crippen MR) is 122 cm³/mol. The molecule has 0 aliphatic rings. The first-order valence-corrected chi connectivity index (χ1v) is 10.8. The van der Waals surface area contributed by atoms with Gasteiger partial charge in [0.05, 0.1) is 5.56 Å². The van der Waals surface area contributed by atoms with E-state index >= 15 is 0 Å². The van der Waals surface area contributed by atoms with Crippen molar-refractivity contribution >= 4 is 24.4 Å². The fourth-order valence-electron chi connectivity index (χ4n) is 3.12. The summed E-state index contributed by atoms with van der Waals surface area (Å²) in [5, 5.41) is 0. The summed E-state index contributed by atoms with van der Waals surface area (Å²) in [6.45, 7) is 2.85. The SMILES string of the molecule is CCCC(=O)C(CS)NOC(=O)c1ccc(C(CCN(C)C)c2ccccn2)cc1. The molecule has 30 heavy (non-hydrogen) atoms. The Morgan fingerprint density at radius 2 is 1.90 bits per heavy atom. The van der Waals surface area contributed by atoms with Gasteiger partial charge in [0.15, 0.2) is 5.78 Å². The monoisotopic (exact) mass is 429 g/mol. The molecule has 0 saturated heterocycles. The average molecular weight is 430 g/mol. The largest absolute Gasteiger partial charge is 0.366 e. The minimum Gasteiger partial charge on any atom is -0.366 e. The summed E-state index contributed by atoms with van der Waals surface area (Å²) < 4.78 is 0. The van der Waals surface area contributed by atoms with Crippen LogP contribution in [0.2, 0.25) is 0 Å². The number of Topliss-reactive ketones (excluding diaryl/α,β-unsaturated/α-hetero) is 1. The molecule has 7 heteroatoms. The van der Waals surface area contributed by atoms with Crippen molar-refractivity contribution in [2.24, 2.45) is 0 Å². The van der Waals surface area contributed by atoms with Crippen LogP contribution in [-0.2, 0) is 9.63 Å². The molecular weight excluding hydrogens is 398 g/mol. The van der Waals surface area contributed by atoms with Crippen molar-refractivity contribution in [1.29, 1.82) is 0 Å². The number of rotatable bonds is 12. The van der Waals surface area contributed by atoms with E-state index in [0.29, 0.717) is 12.0 Å². The van der Waals surface area contributed by atoms with Crippen molar-refractivity contribution in [3.05, 3.63) is 65.5 Å². The van der Waals surface area contributed by atoms with Gasteiger partial charge in [-0.25, -0.2) is 4.79 Å². The summed E-state index contributed by atoms with van der Waals surface area (Å²) in [6, 6.07) is 12.7. The number of pyridine rings is 1. The van der Waals surface area contributed by atoms with Crippen molar-refractivity contribution < 1.29 is 14.4 Å². The van der Waals surface area contributed by atoms with Crippen LogP contribution < -0.4 is 5.48 Å². The van der Waals surface area contributed by atoms with E-state index in [-0.39, 0.29) is 17.5 Å². The summed E-state index contributed by atoms with van der Waals surface area (Å²) in [6.07, 6.45) is 3.88. The van der Waals surface area contributed by atoms with Gasteiger partial charge >= 0.3 is 5.97 Å². The van der Waals surface area contributed by atoms with Crippen molar-refractivity contribution in [3.8, 4) is 0 Å². The number of ketones is 1. The number of hydrogen-bond acceptors (Lipinski definition) is 7. The van der Waals surface area contributed by atoms with Crippen LogP contribution in [0.5, 0.6) is 0 Å². The molecule has 2 unspecified atom stereocenters. The summed E-state index contributed by atoms with van der Waals surface area (Å²) in [4.78, 5) is 36.1. The molecule has 2 atom stereocenters. The topological polar surface area (TPSA) is 71.5 Å². The Labute approximate surface area is 184 Å². The maximum Gasteiger partial charge on any atom is 0.356 e. The third-order valence-corrected chi connectivity index (χ3v) is 5.19. The fourth-order valence-corrected chi connectivity index (χ4v) is 3.39. The second-order valence-corrected chi connectivity index (χ2v) is 7.85. The van der Waals surface area contributed by atoms with Gasteiger partial charge in [0.1, 0.15) is 6.04 Å². The van der Waals surface area contributed by atoms with E-state index in [1.54, 1.807) is 18.3 Å². The smallest absolute Gasteiger partial charge is 0.356 e. The van der Waals surface area contributed by atoms with Crippen LogP contribution in [0.3, 0.4) is 0 Å². The van der Waals surface area contributed by atoms with Gasteiger partial charge < -0.3 is 9.74 Å². The number of carbonyl (C=O) groups is 2. The lowest BCUT2D eigenvalue weighted by Crippen LogP contribution is -2.39. The summed E-state index contributed by atoms with van der Waals surface area (Å²) in [5.74, 6) is -0.144. The second-order valence-electron chi connectivity index (χ2n) is 7.48. The molecule has 6 nitrogen and oxygen atoms in total. The van der Waals surface area contributed by atoms with Gasteiger partial charge in [-0.15, -0.1) is 5.48 Å². The zero-order valence-corrected chi connectivity index (χ0v) is 18.8. The maximum atomic E-state index is 12.4. The number of thiol groups is 1. The molecule has 1 heterocycles. The highest BCUT2D eigenvalue weighted by Crippen LogP contribution is 2.27. The maximum absolute atomic E-state index is 12.4. The molecule has 0 radical (unpaired) electrons. The minimum absolute atomic E-state index is 0.0188. The molecule has 0 spiro atoms. The second kappa shape index (κ2) is 12.5. The number of benzene rings is 1. The Balaban J connectivity index is 2.07. The first-order valence-electron chi connectivity index (χ1n) is 10.2. The Morgan fingerprint density at radius 3 is 2.47 bits per heavy atom. The van der Waals surface area contributed by atoms with E-state index in [2.05, 4.69) is 28.0 Å². The van der Waals surface area contributed by atoms with Crippen LogP contribution in [-0.4, -0.2) is 54.1 Å². The Morgan fingerprint density at radius 1 is 1.17 bits per heavy atom. The highest BCUT2D eigenvalue weighted by Gasteiger charge is 2.19. The van der Waals surface area contributed by atoms with Crippen LogP contribution in [0, 0.1) is 0 Å². The lowest BCUT2D eigenvalue weighted by molar-refractivity contribution is -0.123. The quantitative estimate of drug-likeness (QED) is 0.398. The van der Waals surface area contributed by atoms with Gasteiger partial charge in [0.2, 0.25) is 0 Å². The van der Waals surface area contributed by atoms with Gasteiger partial charge in [0, 0.05) is 30.0 Å². The summed E-state index contributed by atoms with van der Waals surface area (Å²) in [7, 11) is 4.09. The van der Waals surface area contributed by atoms with Gasteiger partial charge in [-0.3, -0.25) is 9.78 Å². The Hall–Kier alpha value is -2.22. The standard InChI is InChI=1S/C23H31N3O3S/c1-4-7-22(27)21(16-30)25-29-23(28)18-11-9-17(10-12-18)19(13-15-26(2)3)20-8-5-6-14-24-20/h5-6,8-12,14,19,21,25,30H,4,7,13,15-16H2,1-3H3. The van der Waals surface area contributed by atoms with E-state index in [9.17, 15) is 9.59 Å². The zero-order valence-electron chi connectivity index (χ0n) is 17.9. The number of nitrogens with zero attached hydrogens (tertiary/aromatic N) is 2. The lowest BCUT2D eigenvalue weighted by atomic mass is 9.91. The fraction of sp³-hybridized carbons (Fsp3) is 0.435. The molecule has 0 fully saturated rings. The number of hydroxylamine groups is 1. The van der Waals surface area contributed by atoms with Gasteiger partial charge in [-0.1, -0.05) is 25.1 Å². The molecular formula is C23H31N3O3S. The summed E-state index contributed by atoms with van der Waals surface area (Å²) >= 11 is 4.16. The van der Waals surface area contributed by atoms with Crippen molar-refractivity contribution in [1.82, 2.24) is 15.4 Å². The van der Waals surface area contributed by atoms with Crippen molar-refractivity contribution in [2.45, 2.75) is 38.1 Å². The van der Waals surface area contributed by atoms with Crippen LogP contribution in [0.1, 0.15) is 53.7 Å². The predicted octanol–water partition coefficient (Wildman–Crippen LogP) is 3.49. The van der Waals surface area contributed by atoms with E-state index in [1.807, 2.05) is 51.4 Å². The van der Waals surface area contributed by atoms with Crippen LogP contribution in [0.15, 0.2) is 48.7 Å². The molecule has 0 aliphatic carbocycles. The first-order chi connectivity index (χ1) is 14.5. The molecule has 1 N–H and O–H groups in total. The van der Waals surface area contributed by atoms with E-state index in [0.717, 1.165) is 30.6 Å². The van der Waals surface area contributed by atoms with Gasteiger partial charge in [-0.2, -0.15) is 12.6 Å². The highest BCUT2D eigenvalue weighted by atomic mass is 32.1. The molecule has 2 rings (SSSR count). The number of carbonyl (C=O) groups excluding carboxylic acids is 2. The number of nitrogens with one attached hydrogen (secondary N) is 1. The van der Waals surface area contributed by atoms with Crippen molar-refractivity contribution in [3.63, 3.8) is 0 Å². The number of hydrogen-bond donors (Lipinski definition) is 2. The average Bonchev–Trinajstić information content (AvgIpc) is 2.75. The lowest BCUT2D eigenvalue weighted by Gasteiger charge is -2.20.